The zero-order valence-corrected chi connectivity index (χ0v) is 9.69. The Balaban J connectivity index is 2.83. The Hall–Kier alpha value is -1.00. The Morgan fingerprint density at radius 3 is 2.62 bits per heavy atom. The molecule has 0 aliphatic heterocycles. The number of hydrogen-bond donors (Lipinski definition) is 2. The van der Waals surface area contributed by atoms with Gasteiger partial charge >= 0.3 is 0 Å². The molecule has 0 aliphatic rings. The summed E-state index contributed by atoms with van der Waals surface area (Å²) in [5, 5.41) is 3.11. The summed E-state index contributed by atoms with van der Waals surface area (Å²) in [6.45, 7) is 5.50. The first-order chi connectivity index (χ1) is 7.47. The average Bonchev–Trinajstić information content (AvgIpc) is 2.22. The fourth-order valence-corrected chi connectivity index (χ4v) is 1.61. The van der Waals surface area contributed by atoms with Crippen molar-refractivity contribution in [1.82, 2.24) is 5.32 Å². The first-order valence-corrected chi connectivity index (χ1v) is 5.33. The van der Waals surface area contributed by atoms with Crippen LogP contribution >= 0.6 is 0 Å². The average molecular weight is 228 g/mol. The summed E-state index contributed by atoms with van der Waals surface area (Å²) in [6, 6.07) is 3.54. The molecule has 0 aromatic heterocycles. The molecule has 4 heteroatoms. The van der Waals surface area contributed by atoms with Crippen LogP contribution in [0, 0.1) is 11.6 Å². The van der Waals surface area contributed by atoms with Crippen molar-refractivity contribution in [2.24, 2.45) is 5.73 Å². The molecule has 0 radical (unpaired) electrons. The number of hydrogen-bond acceptors (Lipinski definition) is 2. The number of halogens is 2. The van der Waals surface area contributed by atoms with Crippen LogP contribution in [0.2, 0.25) is 0 Å². The molecule has 1 aromatic rings. The summed E-state index contributed by atoms with van der Waals surface area (Å²) in [5.41, 5.74) is 5.28. The van der Waals surface area contributed by atoms with E-state index in [4.69, 9.17) is 5.73 Å². The van der Waals surface area contributed by atoms with Gasteiger partial charge in [0.15, 0.2) is 0 Å². The molecule has 0 fully saturated rings. The summed E-state index contributed by atoms with van der Waals surface area (Å²) >= 11 is 0. The minimum Gasteiger partial charge on any atom is -0.329 e. The van der Waals surface area contributed by atoms with Crippen LogP contribution in [-0.4, -0.2) is 19.6 Å². The second-order valence-electron chi connectivity index (χ2n) is 4.47. The van der Waals surface area contributed by atoms with Crippen molar-refractivity contribution in [3.63, 3.8) is 0 Å². The van der Waals surface area contributed by atoms with Crippen molar-refractivity contribution in [3.8, 4) is 0 Å². The maximum atomic E-state index is 13.6. The molecule has 3 N–H and O–H groups in total. The fourth-order valence-electron chi connectivity index (χ4n) is 1.61. The van der Waals surface area contributed by atoms with Crippen LogP contribution in [0.4, 0.5) is 8.78 Å². The van der Waals surface area contributed by atoms with Gasteiger partial charge in [0.05, 0.1) is 0 Å². The van der Waals surface area contributed by atoms with Gasteiger partial charge in [-0.25, -0.2) is 8.78 Å². The Morgan fingerprint density at radius 1 is 1.31 bits per heavy atom. The van der Waals surface area contributed by atoms with Gasteiger partial charge in [-0.05, 0) is 23.8 Å². The van der Waals surface area contributed by atoms with Crippen LogP contribution in [0.25, 0.3) is 0 Å². The van der Waals surface area contributed by atoms with E-state index in [0.29, 0.717) is 25.2 Å². The lowest BCUT2D eigenvalue weighted by molar-refractivity contribution is 0.443. The van der Waals surface area contributed by atoms with Crippen molar-refractivity contribution < 1.29 is 8.78 Å². The number of benzene rings is 1. The van der Waals surface area contributed by atoms with E-state index >= 15 is 0 Å². The van der Waals surface area contributed by atoms with Gasteiger partial charge < -0.3 is 11.1 Å². The minimum absolute atomic E-state index is 0.374. The minimum atomic E-state index is -0.457. The first kappa shape index (κ1) is 13.1. The summed E-state index contributed by atoms with van der Waals surface area (Å²) in [4.78, 5) is 0. The Bertz CT molecular complexity index is 351. The topological polar surface area (TPSA) is 38.0 Å². The van der Waals surface area contributed by atoms with E-state index in [-0.39, 0.29) is 5.82 Å². The molecule has 0 unspecified atom stereocenters. The summed E-state index contributed by atoms with van der Waals surface area (Å²) < 4.78 is 26.6. The van der Waals surface area contributed by atoms with E-state index in [1.54, 1.807) is 0 Å². The van der Waals surface area contributed by atoms with E-state index in [9.17, 15) is 8.78 Å². The molecular formula is C12H18F2N2. The molecule has 1 rings (SSSR count). The van der Waals surface area contributed by atoms with E-state index < -0.39 is 11.2 Å². The molecule has 0 spiro atoms. The monoisotopic (exact) mass is 228 g/mol. The highest BCUT2D eigenvalue weighted by Crippen LogP contribution is 2.25. The zero-order valence-electron chi connectivity index (χ0n) is 9.69. The number of nitrogens with two attached hydrogens (primary N) is 1. The zero-order chi connectivity index (χ0) is 12.2. The fraction of sp³-hybridized carbons (Fsp3) is 0.500. The summed E-state index contributed by atoms with van der Waals surface area (Å²) in [5.74, 6) is -0.788. The predicted molar refractivity (Wildman–Crippen MR) is 61.3 cm³/mol. The molecule has 2 nitrogen and oxygen atoms in total. The van der Waals surface area contributed by atoms with E-state index in [1.165, 1.54) is 6.07 Å². The maximum Gasteiger partial charge on any atom is 0.127 e. The van der Waals surface area contributed by atoms with Gasteiger partial charge in [0.1, 0.15) is 11.6 Å². The molecule has 1 aromatic carbocycles. The van der Waals surface area contributed by atoms with E-state index in [0.717, 1.165) is 12.1 Å². The second-order valence-corrected chi connectivity index (χ2v) is 4.47. The predicted octanol–water partition coefficient (Wildman–Crippen LogP) is 1.79. The highest BCUT2D eigenvalue weighted by molar-refractivity contribution is 5.26. The summed E-state index contributed by atoms with van der Waals surface area (Å²) in [6.07, 6.45) is 0. The molecule has 0 saturated carbocycles. The highest BCUT2D eigenvalue weighted by Gasteiger charge is 2.24. The van der Waals surface area contributed by atoms with Crippen LogP contribution in [0.15, 0.2) is 18.2 Å². The quantitative estimate of drug-likeness (QED) is 0.754. The summed E-state index contributed by atoms with van der Waals surface area (Å²) in [7, 11) is 0. The van der Waals surface area contributed by atoms with Crippen LogP contribution in [-0.2, 0) is 5.41 Å². The third-order valence-electron chi connectivity index (χ3n) is 2.55. The number of nitrogens with one attached hydrogen (secondary N) is 1. The normalized spacial score (nSPS) is 11.8. The second kappa shape index (κ2) is 5.37. The largest absolute Gasteiger partial charge is 0.329 e. The standard InChI is InChI=1S/C12H18F2N2/c1-12(2,8-16-6-5-15)10-7-9(13)3-4-11(10)14/h3-4,7,16H,5-6,8,15H2,1-2H3. The van der Waals surface area contributed by atoms with Gasteiger partial charge in [-0.3, -0.25) is 0 Å². The highest BCUT2D eigenvalue weighted by atomic mass is 19.1. The van der Waals surface area contributed by atoms with E-state index in [1.807, 2.05) is 13.8 Å². The lowest BCUT2D eigenvalue weighted by Crippen LogP contribution is -2.36. The third kappa shape index (κ3) is 3.25. The Morgan fingerprint density at radius 2 is 2.00 bits per heavy atom. The van der Waals surface area contributed by atoms with Crippen molar-refractivity contribution in [1.29, 1.82) is 0 Å². The van der Waals surface area contributed by atoms with Gasteiger partial charge in [0, 0.05) is 25.0 Å². The molecule has 16 heavy (non-hydrogen) atoms. The molecule has 0 aliphatic carbocycles. The molecule has 0 heterocycles. The smallest absolute Gasteiger partial charge is 0.127 e. The molecule has 0 amide bonds. The van der Waals surface area contributed by atoms with Crippen LogP contribution in [0.1, 0.15) is 19.4 Å². The lowest BCUT2D eigenvalue weighted by atomic mass is 9.84. The van der Waals surface area contributed by atoms with Gasteiger partial charge in [-0.2, -0.15) is 0 Å². The SMILES string of the molecule is CC(C)(CNCCN)c1cc(F)ccc1F. The molecular weight excluding hydrogens is 210 g/mol. The Kier molecular flexibility index (Phi) is 4.38. The molecule has 90 valence electrons. The van der Waals surface area contributed by atoms with Gasteiger partial charge in [-0.1, -0.05) is 13.8 Å². The third-order valence-corrected chi connectivity index (χ3v) is 2.55. The van der Waals surface area contributed by atoms with Gasteiger partial charge in [0.25, 0.3) is 0 Å². The maximum absolute atomic E-state index is 13.6. The van der Waals surface area contributed by atoms with E-state index in [2.05, 4.69) is 5.32 Å². The van der Waals surface area contributed by atoms with Crippen LogP contribution in [0.5, 0.6) is 0 Å². The van der Waals surface area contributed by atoms with Gasteiger partial charge in [0.2, 0.25) is 0 Å². The van der Waals surface area contributed by atoms with Crippen LogP contribution < -0.4 is 11.1 Å². The van der Waals surface area contributed by atoms with Crippen molar-refractivity contribution in [2.45, 2.75) is 19.3 Å². The van der Waals surface area contributed by atoms with Crippen molar-refractivity contribution in [2.75, 3.05) is 19.6 Å². The molecule has 0 saturated heterocycles. The Labute approximate surface area is 94.8 Å². The lowest BCUT2D eigenvalue weighted by Gasteiger charge is -2.26. The van der Waals surface area contributed by atoms with Crippen molar-refractivity contribution in [3.05, 3.63) is 35.4 Å². The van der Waals surface area contributed by atoms with Crippen molar-refractivity contribution >= 4 is 0 Å². The molecule has 0 atom stereocenters. The first-order valence-electron chi connectivity index (χ1n) is 5.33. The van der Waals surface area contributed by atoms with Crippen LogP contribution in [0.3, 0.4) is 0 Å². The number of rotatable bonds is 5. The van der Waals surface area contributed by atoms with Gasteiger partial charge in [-0.15, -0.1) is 0 Å². The molecule has 0 bridgehead atoms.